The van der Waals surface area contributed by atoms with Crippen LogP contribution in [0.2, 0.25) is 0 Å². The van der Waals surface area contributed by atoms with Gasteiger partial charge in [-0.25, -0.2) is 22.0 Å². The maximum absolute atomic E-state index is 13.4. The summed E-state index contributed by atoms with van der Waals surface area (Å²) in [5.41, 5.74) is -0.549. The summed E-state index contributed by atoms with van der Waals surface area (Å²) in [6.07, 6.45) is -0.459. The molecule has 20 heavy (non-hydrogen) atoms. The maximum Gasteiger partial charge on any atom is 0.170 e. The average molecular weight is 286 g/mol. The van der Waals surface area contributed by atoms with Crippen molar-refractivity contribution in [3.63, 3.8) is 0 Å². The number of halogens is 5. The highest BCUT2D eigenvalue weighted by Gasteiger charge is 2.17. The van der Waals surface area contributed by atoms with E-state index >= 15 is 0 Å². The summed E-state index contributed by atoms with van der Waals surface area (Å²) < 4.78 is 64.7. The summed E-state index contributed by atoms with van der Waals surface area (Å²) in [6, 6.07) is 3.44. The van der Waals surface area contributed by atoms with Crippen LogP contribution in [0.1, 0.15) is 15.9 Å². The monoisotopic (exact) mass is 286 g/mol. The third kappa shape index (κ3) is 2.84. The predicted molar refractivity (Wildman–Crippen MR) is 60.7 cm³/mol. The van der Waals surface area contributed by atoms with Gasteiger partial charge in [-0.2, -0.15) is 0 Å². The number of hydrogen-bond donors (Lipinski definition) is 0. The fourth-order valence-corrected chi connectivity index (χ4v) is 1.67. The summed E-state index contributed by atoms with van der Waals surface area (Å²) in [7, 11) is 0. The van der Waals surface area contributed by atoms with Crippen molar-refractivity contribution in [2.45, 2.75) is 6.42 Å². The highest BCUT2D eigenvalue weighted by Crippen LogP contribution is 2.17. The van der Waals surface area contributed by atoms with Gasteiger partial charge in [0.05, 0.1) is 5.56 Å². The first-order valence-corrected chi connectivity index (χ1v) is 5.50. The smallest absolute Gasteiger partial charge is 0.170 e. The Morgan fingerprint density at radius 3 is 2.00 bits per heavy atom. The molecule has 0 aliphatic carbocycles. The Bertz CT molecular complexity index is 682. The molecule has 0 aromatic heterocycles. The van der Waals surface area contributed by atoms with E-state index in [1.807, 2.05) is 0 Å². The summed E-state index contributed by atoms with van der Waals surface area (Å²) in [4.78, 5) is 11.7. The molecule has 0 spiro atoms. The number of hydrogen-bond acceptors (Lipinski definition) is 1. The molecule has 2 rings (SSSR count). The van der Waals surface area contributed by atoms with E-state index in [1.165, 1.54) is 0 Å². The van der Waals surface area contributed by atoms with Gasteiger partial charge in [-0.15, -0.1) is 0 Å². The second-order valence-corrected chi connectivity index (χ2v) is 4.09. The van der Waals surface area contributed by atoms with E-state index in [-0.39, 0.29) is 11.6 Å². The molecule has 2 aromatic rings. The Kier molecular flexibility index (Phi) is 3.83. The normalized spacial score (nSPS) is 10.7. The molecule has 0 heterocycles. The van der Waals surface area contributed by atoms with Gasteiger partial charge in [0.25, 0.3) is 0 Å². The maximum atomic E-state index is 13.4. The Morgan fingerprint density at radius 1 is 0.750 bits per heavy atom. The number of rotatable bonds is 3. The Labute approximate surface area is 110 Å². The number of carbonyl (C=O) groups excluding carboxylic acids is 1. The molecule has 0 unspecified atom stereocenters. The van der Waals surface area contributed by atoms with Crippen LogP contribution in [0.5, 0.6) is 0 Å². The zero-order valence-electron chi connectivity index (χ0n) is 9.89. The summed E-state index contributed by atoms with van der Waals surface area (Å²) in [5.74, 6) is -7.09. The predicted octanol–water partition coefficient (Wildman–Crippen LogP) is 3.81. The standard InChI is InChI=1S/C14H7F5O/c15-9-2-1-7(3-11(9)17)4-14(20)8-5-12(18)13(19)6-10(8)16/h1-3,5-6H,4H2. The van der Waals surface area contributed by atoms with Crippen molar-refractivity contribution >= 4 is 5.78 Å². The molecule has 1 nitrogen and oxygen atoms in total. The van der Waals surface area contributed by atoms with Gasteiger partial charge in [-0.3, -0.25) is 4.79 Å². The molecule has 0 aliphatic rings. The molecule has 0 fully saturated rings. The first-order chi connectivity index (χ1) is 9.38. The Hall–Kier alpha value is -2.24. The van der Waals surface area contributed by atoms with Crippen LogP contribution in [0.25, 0.3) is 0 Å². The first kappa shape index (κ1) is 14.2. The molecule has 104 valence electrons. The number of Topliss-reactive ketones (excluding diaryl/α,β-unsaturated/α-hetero) is 1. The number of carbonyl (C=O) groups is 1. The largest absolute Gasteiger partial charge is 0.294 e. The molecule has 0 radical (unpaired) electrons. The van der Waals surface area contributed by atoms with Crippen LogP contribution in [0, 0.1) is 29.1 Å². The van der Waals surface area contributed by atoms with Crippen LogP contribution in [0.4, 0.5) is 22.0 Å². The lowest BCUT2D eigenvalue weighted by molar-refractivity contribution is 0.0988. The molecule has 2 aromatic carbocycles. The minimum absolute atomic E-state index is 0.0954. The zero-order valence-corrected chi connectivity index (χ0v) is 9.89. The topological polar surface area (TPSA) is 17.1 Å². The minimum atomic E-state index is -1.41. The van der Waals surface area contributed by atoms with E-state index in [1.54, 1.807) is 0 Å². The van der Waals surface area contributed by atoms with E-state index in [0.717, 1.165) is 18.2 Å². The fraction of sp³-hybridized carbons (Fsp3) is 0.0714. The van der Waals surface area contributed by atoms with Gasteiger partial charge >= 0.3 is 0 Å². The van der Waals surface area contributed by atoms with Crippen molar-refractivity contribution in [3.05, 3.63) is 70.5 Å². The van der Waals surface area contributed by atoms with Crippen molar-refractivity contribution in [2.24, 2.45) is 0 Å². The van der Waals surface area contributed by atoms with E-state index < -0.39 is 46.9 Å². The van der Waals surface area contributed by atoms with Gasteiger partial charge in [0, 0.05) is 12.5 Å². The number of ketones is 1. The molecule has 0 N–H and O–H groups in total. The second kappa shape index (κ2) is 5.40. The van der Waals surface area contributed by atoms with Crippen molar-refractivity contribution in [2.75, 3.05) is 0 Å². The molecule has 0 saturated carbocycles. The lowest BCUT2D eigenvalue weighted by Crippen LogP contribution is -2.08. The fourth-order valence-electron chi connectivity index (χ4n) is 1.67. The Balaban J connectivity index is 2.28. The zero-order chi connectivity index (χ0) is 14.9. The highest BCUT2D eigenvalue weighted by molar-refractivity contribution is 5.97. The second-order valence-electron chi connectivity index (χ2n) is 4.09. The van der Waals surface area contributed by atoms with Crippen molar-refractivity contribution in [1.29, 1.82) is 0 Å². The molecule has 0 atom stereocenters. The molecule has 0 saturated heterocycles. The highest BCUT2D eigenvalue weighted by atomic mass is 19.2. The Morgan fingerprint density at radius 2 is 1.35 bits per heavy atom. The van der Waals surface area contributed by atoms with Gasteiger partial charge in [-0.05, 0) is 23.8 Å². The van der Waals surface area contributed by atoms with E-state index in [9.17, 15) is 26.7 Å². The molecular weight excluding hydrogens is 279 g/mol. The van der Waals surface area contributed by atoms with Gasteiger partial charge in [0.2, 0.25) is 0 Å². The lowest BCUT2D eigenvalue weighted by Gasteiger charge is -2.04. The quantitative estimate of drug-likeness (QED) is 0.476. The summed E-state index contributed by atoms with van der Waals surface area (Å²) in [5, 5.41) is 0. The van der Waals surface area contributed by atoms with Gasteiger partial charge in [-0.1, -0.05) is 6.07 Å². The molecule has 0 aliphatic heterocycles. The van der Waals surface area contributed by atoms with Gasteiger partial charge in [0.1, 0.15) is 5.82 Å². The van der Waals surface area contributed by atoms with Crippen molar-refractivity contribution in [3.8, 4) is 0 Å². The van der Waals surface area contributed by atoms with Gasteiger partial charge < -0.3 is 0 Å². The molecule has 0 bridgehead atoms. The summed E-state index contributed by atoms with van der Waals surface area (Å²) >= 11 is 0. The lowest BCUT2D eigenvalue weighted by atomic mass is 10.0. The van der Waals surface area contributed by atoms with E-state index in [4.69, 9.17) is 0 Å². The molecular formula is C14H7F5O. The number of benzene rings is 2. The van der Waals surface area contributed by atoms with Gasteiger partial charge in [0.15, 0.2) is 29.1 Å². The van der Waals surface area contributed by atoms with Crippen molar-refractivity contribution < 1.29 is 26.7 Å². The third-order valence-electron chi connectivity index (χ3n) is 2.66. The van der Waals surface area contributed by atoms with Crippen LogP contribution < -0.4 is 0 Å². The minimum Gasteiger partial charge on any atom is -0.294 e. The SMILES string of the molecule is O=C(Cc1ccc(F)c(F)c1)c1cc(F)c(F)cc1F. The van der Waals surface area contributed by atoms with Crippen molar-refractivity contribution in [1.82, 2.24) is 0 Å². The van der Waals surface area contributed by atoms with Crippen LogP contribution in [-0.2, 0) is 6.42 Å². The van der Waals surface area contributed by atoms with Crippen LogP contribution >= 0.6 is 0 Å². The first-order valence-electron chi connectivity index (χ1n) is 5.50. The molecule has 6 heteroatoms. The average Bonchev–Trinajstić information content (AvgIpc) is 2.38. The van der Waals surface area contributed by atoms with Crippen LogP contribution in [-0.4, -0.2) is 5.78 Å². The van der Waals surface area contributed by atoms with E-state index in [0.29, 0.717) is 6.07 Å². The third-order valence-corrected chi connectivity index (χ3v) is 2.66. The molecule has 0 amide bonds. The van der Waals surface area contributed by atoms with Crippen LogP contribution in [0.15, 0.2) is 30.3 Å². The van der Waals surface area contributed by atoms with Crippen LogP contribution in [0.3, 0.4) is 0 Å². The summed E-state index contributed by atoms with van der Waals surface area (Å²) in [6.45, 7) is 0. The van der Waals surface area contributed by atoms with E-state index in [2.05, 4.69) is 0 Å².